The maximum absolute atomic E-state index is 12.4. The molecule has 1 N–H and O–H groups in total. The number of para-hydroxylation sites is 2. The first-order chi connectivity index (χ1) is 14.8. The number of amides is 1. The van der Waals surface area contributed by atoms with Crippen LogP contribution in [0, 0.1) is 11.5 Å². The normalized spacial score (nSPS) is 16.6. The number of nitrogens with zero attached hydrogens (tertiary/aromatic N) is 4. The molecular formula is C25H28IrN4O2. The third-order valence-electron chi connectivity index (χ3n) is 4.53. The van der Waals surface area contributed by atoms with Crippen LogP contribution < -0.4 is 5.01 Å². The van der Waals surface area contributed by atoms with Crippen molar-refractivity contribution in [3.63, 3.8) is 0 Å². The molecule has 0 aromatic heterocycles. The topological polar surface area (TPSA) is 68.3 Å². The van der Waals surface area contributed by atoms with Gasteiger partial charge in [-0.3, -0.25) is 4.79 Å². The molecule has 1 radical (unpaired) electrons. The quantitative estimate of drug-likeness (QED) is 0.208. The molecule has 169 valence electrons. The zero-order valence-electron chi connectivity index (χ0n) is 18.7. The van der Waals surface area contributed by atoms with Crippen LogP contribution in [0.5, 0.6) is 0 Å². The summed E-state index contributed by atoms with van der Waals surface area (Å²) >= 11 is 0. The second-order valence-corrected chi connectivity index (χ2v) is 8.50. The van der Waals surface area contributed by atoms with Crippen molar-refractivity contribution < 1.29 is 34.7 Å². The first kappa shape index (κ1) is 25.4. The minimum atomic E-state index is -0.268. The fourth-order valence-corrected chi connectivity index (χ4v) is 3.19. The summed E-state index contributed by atoms with van der Waals surface area (Å²) < 4.78 is 1.83. The average molecular weight is 609 g/mol. The van der Waals surface area contributed by atoms with Gasteiger partial charge in [-0.05, 0) is 29.6 Å². The van der Waals surface area contributed by atoms with Gasteiger partial charge in [0.25, 0.3) is 5.91 Å². The van der Waals surface area contributed by atoms with Crippen LogP contribution >= 0.6 is 0 Å². The second-order valence-electron chi connectivity index (χ2n) is 8.50. The largest absolute Gasteiger partial charge is 0.511 e. The number of carbonyl (C=O) groups is 1. The maximum atomic E-state index is 12.4. The molecule has 0 fully saturated rings. The van der Waals surface area contributed by atoms with Gasteiger partial charge in [-0.25, -0.2) is 0 Å². The van der Waals surface area contributed by atoms with Gasteiger partial charge in [0.1, 0.15) is 23.6 Å². The molecule has 7 heteroatoms. The molecule has 32 heavy (non-hydrogen) atoms. The average Bonchev–Trinajstić information content (AvgIpc) is 3.37. The summed E-state index contributed by atoms with van der Waals surface area (Å²) in [5.74, 6) is -0.155. The summed E-state index contributed by atoms with van der Waals surface area (Å²) in [6.45, 7) is 8.58. The van der Waals surface area contributed by atoms with Crippen LogP contribution in [0.4, 0.5) is 11.4 Å². The third kappa shape index (κ3) is 6.55. The number of anilines is 1. The molecule has 0 atom stereocenters. The van der Waals surface area contributed by atoms with Gasteiger partial charge in [-0.2, -0.15) is 28.3 Å². The van der Waals surface area contributed by atoms with Crippen molar-refractivity contribution in [1.29, 1.82) is 0 Å². The number of hydrogen-bond donors (Lipinski definition) is 1. The molecule has 0 saturated carbocycles. The maximum Gasteiger partial charge on any atom is 0.284 e. The predicted molar refractivity (Wildman–Crippen MR) is 122 cm³/mol. The van der Waals surface area contributed by atoms with Gasteiger partial charge in [-0.1, -0.05) is 49.7 Å². The summed E-state index contributed by atoms with van der Waals surface area (Å²) in [5, 5.41) is 20.0. The number of aliphatic hydroxyl groups excluding tert-OH is 1. The number of azo groups is 2. The Morgan fingerprint density at radius 2 is 1.84 bits per heavy atom. The van der Waals surface area contributed by atoms with Crippen LogP contribution in [0.15, 0.2) is 88.4 Å². The Bertz CT molecular complexity index is 1050. The zero-order chi connectivity index (χ0) is 22.4. The molecule has 0 aliphatic carbocycles. The van der Waals surface area contributed by atoms with E-state index in [9.17, 15) is 9.90 Å². The Morgan fingerprint density at radius 1 is 1.16 bits per heavy atom. The first-order valence-corrected chi connectivity index (χ1v) is 10.2. The number of carbonyl (C=O) groups excluding carboxylic acids is 1. The van der Waals surface area contributed by atoms with Crippen molar-refractivity contribution in [1.82, 2.24) is 0 Å². The smallest absolute Gasteiger partial charge is 0.284 e. The van der Waals surface area contributed by atoms with Crippen molar-refractivity contribution in [2.45, 2.75) is 34.1 Å². The van der Waals surface area contributed by atoms with Crippen LogP contribution in [0.3, 0.4) is 0 Å². The van der Waals surface area contributed by atoms with Crippen molar-refractivity contribution in [3.05, 3.63) is 84.3 Å². The fourth-order valence-electron chi connectivity index (χ4n) is 3.19. The summed E-state index contributed by atoms with van der Waals surface area (Å²) in [5.41, 5.74) is 2.50. The van der Waals surface area contributed by atoms with Gasteiger partial charge < -0.3 is 5.11 Å². The van der Waals surface area contributed by atoms with Gasteiger partial charge in [0.05, 0.1) is 11.4 Å². The SMILES string of the molecule is CC1=NN(c2ccccc2)C(=O)/C1=C(\O)CC(C)(C)C.[Ir].[c-]1ccccc1[N+]1=NCC=C1. The van der Waals surface area contributed by atoms with Crippen LogP contribution in [-0.4, -0.2) is 28.0 Å². The van der Waals surface area contributed by atoms with E-state index >= 15 is 0 Å². The number of hydrogen-bond acceptors (Lipinski definition) is 4. The Morgan fingerprint density at radius 3 is 2.41 bits per heavy atom. The Hall–Kier alpha value is -2.89. The van der Waals surface area contributed by atoms with E-state index in [1.807, 2.05) is 92.3 Å². The summed E-state index contributed by atoms with van der Waals surface area (Å²) in [6, 6.07) is 20.1. The number of benzene rings is 2. The van der Waals surface area contributed by atoms with E-state index in [0.29, 0.717) is 23.4 Å². The van der Waals surface area contributed by atoms with E-state index in [2.05, 4.69) is 16.3 Å². The molecule has 2 aromatic carbocycles. The van der Waals surface area contributed by atoms with Gasteiger partial charge in [-0.15, -0.1) is 6.07 Å². The van der Waals surface area contributed by atoms with Crippen molar-refractivity contribution in [3.8, 4) is 0 Å². The molecule has 0 bridgehead atoms. The van der Waals surface area contributed by atoms with Crippen molar-refractivity contribution >= 4 is 23.0 Å². The molecule has 0 spiro atoms. The summed E-state index contributed by atoms with van der Waals surface area (Å²) in [6.07, 6.45) is 4.41. The number of allylic oxidation sites excluding steroid dienone is 1. The Labute approximate surface area is 203 Å². The molecule has 2 aliphatic heterocycles. The second kappa shape index (κ2) is 11.1. The molecule has 2 aromatic rings. The van der Waals surface area contributed by atoms with E-state index < -0.39 is 0 Å². The number of rotatable bonds is 3. The minimum Gasteiger partial charge on any atom is -0.511 e. The summed E-state index contributed by atoms with van der Waals surface area (Å²) in [4.78, 5) is 12.4. The van der Waals surface area contributed by atoms with Gasteiger partial charge >= 0.3 is 0 Å². The van der Waals surface area contributed by atoms with E-state index in [-0.39, 0.29) is 37.2 Å². The van der Waals surface area contributed by atoms with Crippen LogP contribution in [0.25, 0.3) is 0 Å². The van der Waals surface area contributed by atoms with Crippen LogP contribution in [0.2, 0.25) is 0 Å². The monoisotopic (exact) mass is 609 g/mol. The molecule has 0 saturated heterocycles. The molecule has 6 nitrogen and oxygen atoms in total. The molecular weight excluding hydrogens is 581 g/mol. The minimum absolute atomic E-state index is 0. The van der Waals surface area contributed by atoms with Crippen molar-refractivity contribution in [2.75, 3.05) is 11.6 Å². The van der Waals surface area contributed by atoms with E-state index in [1.54, 1.807) is 6.92 Å². The molecule has 0 unspecified atom stereocenters. The Balaban J connectivity index is 0.000000255. The van der Waals surface area contributed by atoms with Gasteiger partial charge in [0, 0.05) is 32.6 Å². The Kier molecular flexibility index (Phi) is 8.81. The molecule has 1 amide bonds. The number of aliphatic hydroxyl groups is 1. The van der Waals surface area contributed by atoms with E-state index in [0.717, 1.165) is 12.2 Å². The van der Waals surface area contributed by atoms with Gasteiger partial charge in [0.15, 0.2) is 6.20 Å². The summed E-state index contributed by atoms with van der Waals surface area (Å²) in [7, 11) is 0. The van der Waals surface area contributed by atoms with Crippen LogP contribution in [-0.2, 0) is 24.9 Å². The van der Waals surface area contributed by atoms with Crippen molar-refractivity contribution in [2.24, 2.45) is 15.6 Å². The van der Waals surface area contributed by atoms with Gasteiger partial charge in [0.2, 0.25) is 0 Å². The molecule has 4 rings (SSSR count). The molecule has 2 heterocycles. The molecule has 2 aliphatic rings. The predicted octanol–water partition coefficient (Wildman–Crippen LogP) is 5.77. The zero-order valence-corrected chi connectivity index (χ0v) is 21.1. The third-order valence-corrected chi connectivity index (χ3v) is 4.53. The standard InChI is InChI=1S/C16H20N2O2.C9H8N2.Ir/c1-11-14(13(19)10-16(2,3)4)15(20)18(17-11)12-8-6-5-7-9-12;1-2-5-9(6-3-1)11-8-4-7-10-11;/h5-9,19H,10H2,1-4H3;1-5,8H,7H2;/b14-13-;;. The van der Waals surface area contributed by atoms with E-state index in [1.165, 1.54) is 5.01 Å². The fraction of sp³-hybridized carbons (Fsp3) is 0.280. The number of hydrazone groups is 1. The van der Waals surface area contributed by atoms with E-state index in [4.69, 9.17) is 0 Å². The first-order valence-electron chi connectivity index (χ1n) is 10.2. The van der Waals surface area contributed by atoms with Crippen LogP contribution in [0.1, 0.15) is 34.1 Å².